The van der Waals surface area contributed by atoms with Gasteiger partial charge in [0.25, 0.3) is 5.56 Å². The van der Waals surface area contributed by atoms with Gasteiger partial charge in [0.15, 0.2) is 0 Å². The highest BCUT2D eigenvalue weighted by Crippen LogP contribution is 2.39. The van der Waals surface area contributed by atoms with Gasteiger partial charge in [0.1, 0.15) is 0 Å². The van der Waals surface area contributed by atoms with E-state index >= 15 is 0 Å². The summed E-state index contributed by atoms with van der Waals surface area (Å²) in [6, 6.07) is 3.43. The summed E-state index contributed by atoms with van der Waals surface area (Å²) in [5, 5.41) is 0. The number of pyridine rings is 1. The van der Waals surface area contributed by atoms with Gasteiger partial charge < -0.3 is 10.3 Å². The van der Waals surface area contributed by atoms with Crippen LogP contribution in [0.5, 0.6) is 0 Å². The van der Waals surface area contributed by atoms with Crippen LogP contribution in [0.2, 0.25) is 0 Å². The van der Waals surface area contributed by atoms with Crippen LogP contribution in [0.25, 0.3) is 0 Å². The molecule has 0 spiro atoms. The number of nitrogen functional groups attached to an aromatic ring is 1. The van der Waals surface area contributed by atoms with Crippen molar-refractivity contribution >= 4 is 5.69 Å². The van der Waals surface area contributed by atoms with E-state index in [-0.39, 0.29) is 5.56 Å². The van der Waals surface area contributed by atoms with Crippen LogP contribution < -0.4 is 11.3 Å². The SMILES string of the molecule is CCn1c(C2CC2)cc(N)cc1=O. The Labute approximate surface area is 77.2 Å². The second-order valence-electron chi connectivity index (χ2n) is 3.57. The van der Waals surface area contributed by atoms with Crippen molar-refractivity contribution in [3.8, 4) is 0 Å². The van der Waals surface area contributed by atoms with Crippen molar-refractivity contribution in [1.29, 1.82) is 0 Å². The second kappa shape index (κ2) is 2.91. The molecule has 2 N–H and O–H groups in total. The van der Waals surface area contributed by atoms with Crippen molar-refractivity contribution in [2.24, 2.45) is 0 Å². The topological polar surface area (TPSA) is 48.0 Å². The molecule has 13 heavy (non-hydrogen) atoms. The molecule has 1 aliphatic carbocycles. The zero-order chi connectivity index (χ0) is 9.42. The molecule has 1 fully saturated rings. The first-order chi connectivity index (χ1) is 6.22. The molecule has 0 saturated heterocycles. The fourth-order valence-electron chi connectivity index (χ4n) is 1.69. The number of rotatable bonds is 2. The summed E-state index contributed by atoms with van der Waals surface area (Å²) in [5.74, 6) is 0.580. The van der Waals surface area contributed by atoms with Gasteiger partial charge in [-0.15, -0.1) is 0 Å². The van der Waals surface area contributed by atoms with Gasteiger partial charge in [0.2, 0.25) is 0 Å². The molecule has 1 saturated carbocycles. The Morgan fingerprint density at radius 3 is 2.77 bits per heavy atom. The first-order valence-corrected chi connectivity index (χ1v) is 4.72. The second-order valence-corrected chi connectivity index (χ2v) is 3.57. The fourth-order valence-corrected chi connectivity index (χ4v) is 1.69. The Hall–Kier alpha value is -1.25. The Morgan fingerprint density at radius 2 is 2.23 bits per heavy atom. The van der Waals surface area contributed by atoms with E-state index < -0.39 is 0 Å². The molecular weight excluding hydrogens is 164 g/mol. The van der Waals surface area contributed by atoms with E-state index in [1.54, 1.807) is 0 Å². The van der Waals surface area contributed by atoms with E-state index in [2.05, 4.69) is 0 Å². The smallest absolute Gasteiger partial charge is 0.252 e. The Balaban J connectivity index is 2.56. The van der Waals surface area contributed by atoms with Crippen LogP contribution in [-0.4, -0.2) is 4.57 Å². The maximum absolute atomic E-state index is 11.5. The minimum atomic E-state index is 0.0319. The molecule has 0 unspecified atom stereocenters. The molecule has 1 aliphatic rings. The van der Waals surface area contributed by atoms with Gasteiger partial charge >= 0.3 is 0 Å². The predicted molar refractivity (Wildman–Crippen MR) is 52.8 cm³/mol. The lowest BCUT2D eigenvalue weighted by atomic mass is 10.2. The van der Waals surface area contributed by atoms with Gasteiger partial charge in [-0.25, -0.2) is 0 Å². The Morgan fingerprint density at radius 1 is 1.54 bits per heavy atom. The van der Waals surface area contributed by atoms with E-state index in [4.69, 9.17) is 5.73 Å². The highest BCUT2D eigenvalue weighted by molar-refractivity contribution is 5.39. The monoisotopic (exact) mass is 178 g/mol. The van der Waals surface area contributed by atoms with E-state index in [1.165, 1.54) is 18.9 Å². The Bertz CT molecular complexity index is 377. The minimum Gasteiger partial charge on any atom is -0.399 e. The lowest BCUT2D eigenvalue weighted by molar-refractivity contribution is 0.678. The first kappa shape index (κ1) is 8.35. The van der Waals surface area contributed by atoms with Gasteiger partial charge in [0, 0.05) is 24.0 Å². The van der Waals surface area contributed by atoms with Crippen LogP contribution in [0.15, 0.2) is 16.9 Å². The molecule has 70 valence electrons. The van der Waals surface area contributed by atoms with Gasteiger partial charge in [0.05, 0.1) is 0 Å². The normalized spacial score (nSPS) is 16.1. The third-order valence-corrected chi connectivity index (χ3v) is 2.49. The van der Waals surface area contributed by atoms with E-state index in [0.717, 1.165) is 12.2 Å². The lowest BCUT2D eigenvalue weighted by Crippen LogP contribution is -2.22. The minimum absolute atomic E-state index is 0.0319. The van der Waals surface area contributed by atoms with E-state index in [1.807, 2.05) is 17.6 Å². The summed E-state index contributed by atoms with van der Waals surface area (Å²) >= 11 is 0. The third kappa shape index (κ3) is 1.46. The van der Waals surface area contributed by atoms with Crippen LogP contribution in [0, 0.1) is 0 Å². The quantitative estimate of drug-likeness (QED) is 0.742. The number of hydrogen-bond donors (Lipinski definition) is 1. The van der Waals surface area contributed by atoms with Gasteiger partial charge in [-0.2, -0.15) is 0 Å². The standard InChI is InChI=1S/C10H14N2O/c1-2-12-9(7-3-4-7)5-8(11)6-10(12)13/h5-7H,2-4,11H2,1H3. The molecule has 0 radical (unpaired) electrons. The maximum atomic E-state index is 11.5. The van der Waals surface area contributed by atoms with Crippen LogP contribution >= 0.6 is 0 Å². The first-order valence-electron chi connectivity index (χ1n) is 4.72. The van der Waals surface area contributed by atoms with Gasteiger partial charge in [-0.05, 0) is 31.7 Å². The number of aromatic nitrogens is 1. The average molecular weight is 178 g/mol. The molecule has 0 aliphatic heterocycles. The largest absolute Gasteiger partial charge is 0.399 e. The molecule has 0 atom stereocenters. The highest BCUT2D eigenvalue weighted by atomic mass is 16.1. The van der Waals surface area contributed by atoms with Crippen molar-refractivity contribution in [3.05, 3.63) is 28.2 Å². The number of nitrogens with two attached hydrogens (primary N) is 1. The predicted octanol–water partition coefficient (Wildman–Crippen LogP) is 1.33. The van der Waals surface area contributed by atoms with E-state index in [9.17, 15) is 4.79 Å². The molecular formula is C10H14N2O. The summed E-state index contributed by atoms with van der Waals surface area (Å²) < 4.78 is 1.81. The molecule has 3 nitrogen and oxygen atoms in total. The van der Waals surface area contributed by atoms with Crippen LogP contribution in [-0.2, 0) is 6.54 Å². The lowest BCUT2D eigenvalue weighted by Gasteiger charge is -2.10. The molecule has 3 heteroatoms. The van der Waals surface area contributed by atoms with Gasteiger partial charge in [-0.1, -0.05) is 0 Å². The average Bonchev–Trinajstić information content (AvgIpc) is 2.85. The molecule has 0 bridgehead atoms. The summed E-state index contributed by atoms with van der Waals surface area (Å²) in [6.45, 7) is 2.73. The molecule has 1 heterocycles. The summed E-state index contributed by atoms with van der Waals surface area (Å²) in [7, 11) is 0. The molecule has 0 aromatic carbocycles. The maximum Gasteiger partial charge on any atom is 0.252 e. The molecule has 2 rings (SSSR count). The molecule has 1 aromatic rings. The number of hydrogen-bond acceptors (Lipinski definition) is 2. The van der Waals surface area contributed by atoms with Crippen molar-refractivity contribution < 1.29 is 0 Å². The van der Waals surface area contributed by atoms with Gasteiger partial charge in [-0.3, -0.25) is 4.79 Å². The number of anilines is 1. The zero-order valence-electron chi connectivity index (χ0n) is 7.79. The van der Waals surface area contributed by atoms with Crippen molar-refractivity contribution in [2.75, 3.05) is 5.73 Å². The van der Waals surface area contributed by atoms with Crippen molar-refractivity contribution in [2.45, 2.75) is 32.2 Å². The van der Waals surface area contributed by atoms with Crippen molar-refractivity contribution in [3.63, 3.8) is 0 Å². The summed E-state index contributed by atoms with van der Waals surface area (Å²) in [5.41, 5.74) is 7.38. The zero-order valence-corrected chi connectivity index (χ0v) is 7.79. The summed E-state index contributed by atoms with van der Waals surface area (Å²) in [6.07, 6.45) is 2.39. The highest BCUT2D eigenvalue weighted by Gasteiger charge is 2.26. The third-order valence-electron chi connectivity index (χ3n) is 2.49. The Kier molecular flexibility index (Phi) is 1.87. The van der Waals surface area contributed by atoms with E-state index in [0.29, 0.717) is 11.6 Å². The summed E-state index contributed by atoms with van der Waals surface area (Å²) in [4.78, 5) is 11.5. The molecule has 1 aromatic heterocycles. The number of nitrogens with zero attached hydrogens (tertiary/aromatic N) is 1. The van der Waals surface area contributed by atoms with Crippen LogP contribution in [0.3, 0.4) is 0 Å². The fraction of sp³-hybridized carbons (Fsp3) is 0.500. The van der Waals surface area contributed by atoms with Crippen LogP contribution in [0.1, 0.15) is 31.4 Å². The van der Waals surface area contributed by atoms with Crippen LogP contribution in [0.4, 0.5) is 5.69 Å². The van der Waals surface area contributed by atoms with Crippen molar-refractivity contribution in [1.82, 2.24) is 4.57 Å². The molecule has 0 amide bonds.